The number of hydrogen-bond acceptors (Lipinski definition) is 2. The van der Waals surface area contributed by atoms with E-state index in [1.54, 1.807) is 0 Å². The Morgan fingerprint density at radius 3 is 2.67 bits per heavy atom. The molecule has 0 saturated heterocycles. The van der Waals surface area contributed by atoms with Crippen LogP contribution in [-0.4, -0.2) is 15.0 Å². The lowest BCUT2D eigenvalue weighted by atomic mass is 10.1. The molecule has 2 heterocycles. The maximum absolute atomic E-state index is 4.52. The average Bonchev–Trinajstić information content (AvgIpc) is 3.14. The number of fused-ring (bicyclic) bond motifs is 1. The Hall–Kier alpha value is -2.00. The molecule has 21 heavy (non-hydrogen) atoms. The van der Waals surface area contributed by atoms with E-state index in [2.05, 4.69) is 64.5 Å². The smallest absolute Gasteiger partial charge is 0.0568 e. The molecule has 1 aromatic heterocycles. The van der Waals surface area contributed by atoms with Crippen LogP contribution in [-0.2, 0) is 13.0 Å². The number of aromatic nitrogens is 2. The van der Waals surface area contributed by atoms with Gasteiger partial charge >= 0.3 is 0 Å². The van der Waals surface area contributed by atoms with Crippen molar-refractivity contribution in [2.24, 2.45) is 0 Å². The number of hydrogen-bond donors (Lipinski definition) is 0. The molecule has 0 amide bonds. The molecule has 1 atom stereocenters. The molecule has 104 valence electrons. The monoisotopic (exact) mass is 292 g/mol. The SMILES string of the molecule is c1ccc(-c2cnn(CC3Cc4ccccc4S3)c2)cc1. The Balaban J connectivity index is 1.49. The normalized spacial score (nSPS) is 16.9. The molecule has 1 unspecified atom stereocenters. The maximum Gasteiger partial charge on any atom is 0.0568 e. The zero-order valence-electron chi connectivity index (χ0n) is 11.6. The minimum absolute atomic E-state index is 0.589. The van der Waals surface area contributed by atoms with Gasteiger partial charge in [-0.2, -0.15) is 5.10 Å². The lowest BCUT2D eigenvalue weighted by Crippen LogP contribution is -2.12. The van der Waals surface area contributed by atoms with Crippen LogP contribution in [0, 0.1) is 0 Å². The number of thioether (sulfide) groups is 1. The quantitative estimate of drug-likeness (QED) is 0.717. The van der Waals surface area contributed by atoms with Crippen LogP contribution in [0.3, 0.4) is 0 Å². The van der Waals surface area contributed by atoms with Gasteiger partial charge in [-0.25, -0.2) is 0 Å². The molecule has 3 heteroatoms. The zero-order chi connectivity index (χ0) is 14.1. The summed E-state index contributed by atoms with van der Waals surface area (Å²) >= 11 is 1.98. The highest BCUT2D eigenvalue weighted by Crippen LogP contribution is 2.37. The van der Waals surface area contributed by atoms with Crippen molar-refractivity contribution in [3.63, 3.8) is 0 Å². The first kappa shape index (κ1) is 12.7. The predicted octanol–water partition coefficient (Wildman–Crippen LogP) is 4.27. The highest BCUT2D eigenvalue weighted by Gasteiger charge is 2.22. The zero-order valence-corrected chi connectivity index (χ0v) is 12.5. The highest BCUT2D eigenvalue weighted by molar-refractivity contribution is 8.00. The minimum atomic E-state index is 0.589. The summed E-state index contributed by atoms with van der Waals surface area (Å²) in [7, 11) is 0. The van der Waals surface area contributed by atoms with Gasteiger partial charge in [0.2, 0.25) is 0 Å². The first-order valence-electron chi connectivity index (χ1n) is 7.21. The highest BCUT2D eigenvalue weighted by atomic mass is 32.2. The lowest BCUT2D eigenvalue weighted by Gasteiger charge is -2.08. The summed E-state index contributed by atoms with van der Waals surface area (Å²) < 4.78 is 2.08. The summed E-state index contributed by atoms with van der Waals surface area (Å²) in [5.74, 6) is 0. The van der Waals surface area contributed by atoms with Crippen molar-refractivity contribution in [2.45, 2.75) is 23.1 Å². The first-order valence-corrected chi connectivity index (χ1v) is 8.09. The summed E-state index contributed by atoms with van der Waals surface area (Å²) in [6.07, 6.45) is 5.25. The van der Waals surface area contributed by atoms with Crippen LogP contribution in [0.4, 0.5) is 0 Å². The molecule has 0 fully saturated rings. The van der Waals surface area contributed by atoms with Crippen molar-refractivity contribution < 1.29 is 0 Å². The molecule has 0 aliphatic carbocycles. The molecule has 3 aromatic rings. The van der Waals surface area contributed by atoms with E-state index in [4.69, 9.17) is 0 Å². The predicted molar refractivity (Wildman–Crippen MR) is 87.5 cm³/mol. The first-order chi connectivity index (χ1) is 10.4. The Morgan fingerprint density at radius 1 is 1.00 bits per heavy atom. The molecular weight excluding hydrogens is 276 g/mol. The second kappa shape index (κ2) is 5.41. The van der Waals surface area contributed by atoms with Crippen LogP contribution < -0.4 is 0 Å². The Morgan fingerprint density at radius 2 is 1.81 bits per heavy atom. The van der Waals surface area contributed by atoms with Gasteiger partial charge in [0.25, 0.3) is 0 Å². The Labute approximate surface area is 128 Å². The number of benzene rings is 2. The molecule has 1 aliphatic heterocycles. The van der Waals surface area contributed by atoms with Gasteiger partial charge in [0, 0.05) is 21.9 Å². The third-order valence-corrected chi connectivity index (χ3v) is 5.15. The van der Waals surface area contributed by atoms with Crippen molar-refractivity contribution in [1.29, 1.82) is 0 Å². The topological polar surface area (TPSA) is 17.8 Å². The van der Waals surface area contributed by atoms with Crippen LogP contribution in [0.1, 0.15) is 5.56 Å². The fraction of sp³-hybridized carbons (Fsp3) is 0.167. The van der Waals surface area contributed by atoms with Gasteiger partial charge < -0.3 is 0 Å². The Kier molecular flexibility index (Phi) is 3.28. The van der Waals surface area contributed by atoms with E-state index in [0.29, 0.717) is 5.25 Å². The largest absolute Gasteiger partial charge is 0.271 e. The second-order valence-corrected chi connectivity index (χ2v) is 6.71. The van der Waals surface area contributed by atoms with Crippen LogP contribution in [0.5, 0.6) is 0 Å². The average molecular weight is 292 g/mol. The van der Waals surface area contributed by atoms with E-state index in [9.17, 15) is 0 Å². The van der Waals surface area contributed by atoms with Crippen LogP contribution in [0.15, 0.2) is 71.9 Å². The van der Waals surface area contributed by atoms with Gasteiger partial charge in [0.15, 0.2) is 0 Å². The van der Waals surface area contributed by atoms with Gasteiger partial charge in [-0.3, -0.25) is 4.68 Å². The number of nitrogens with zero attached hydrogens (tertiary/aromatic N) is 2. The van der Waals surface area contributed by atoms with Gasteiger partial charge in [-0.1, -0.05) is 48.5 Å². The Bertz CT molecular complexity index is 724. The fourth-order valence-corrected chi connectivity index (χ4v) is 4.12. The van der Waals surface area contributed by atoms with Gasteiger partial charge in [0.05, 0.1) is 12.7 Å². The fourth-order valence-electron chi connectivity index (χ4n) is 2.81. The maximum atomic E-state index is 4.52. The van der Waals surface area contributed by atoms with E-state index in [-0.39, 0.29) is 0 Å². The molecule has 0 saturated carbocycles. The summed E-state index contributed by atoms with van der Waals surface area (Å²) in [5, 5.41) is 5.11. The summed E-state index contributed by atoms with van der Waals surface area (Å²) in [6.45, 7) is 0.964. The van der Waals surface area contributed by atoms with Gasteiger partial charge in [-0.15, -0.1) is 11.8 Å². The molecule has 0 radical (unpaired) electrons. The standard InChI is InChI=1S/C18H16N2S/c1-2-6-14(7-3-1)16-11-19-20(12-16)13-17-10-15-8-4-5-9-18(15)21-17/h1-9,11-12,17H,10,13H2. The molecule has 1 aliphatic rings. The molecule has 2 aromatic carbocycles. The van der Waals surface area contributed by atoms with E-state index in [0.717, 1.165) is 13.0 Å². The molecule has 4 rings (SSSR count). The lowest BCUT2D eigenvalue weighted by molar-refractivity contribution is 0.595. The van der Waals surface area contributed by atoms with E-state index >= 15 is 0 Å². The van der Waals surface area contributed by atoms with E-state index in [1.807, 2.05) is 24.0 Å². The third-order valence-electron chi connectivity index (χ3n) is 3.84. The third kappa shape index (κ3) is 2.61. The molecule has 0 spiro atoms. The van der Waals surface area contributed by atoms with Crippen molar-refractivity contribution in [3.8, 4) is 11.1 Å². The van der Waals surface area contributed by atoms with Crippen LogP contribution >= 0.6 is 11.8 Å². The summed E-state index contributed by atoms with van der Waals surface area (Å²) in [5.41, 5.74) is 3.89. The van der Waals surface area contributed by atoms with Crippen LogP contribution in [0.25, 0.3) is 11.1 Å². The van der Waals surface area contributed by atoms with Gasteiger partial charge in [0.1, 0.15) is 0 Å². The molecule has 0 N–H and O–H groups in total. The van der Waals surface area contributed by atoms with Crippen molar-refractivity contribution in [1.82, 2.24) is 9.78 Å². The molecular formula is C18H16N2S. The molecule has 0 bridgehead atoms. The van der Waals surface area contributed by atoms with Crippen molar-refractivity contribution in [2.75, 3.05) is 0 Å². The van der Waals surface area contributed by atoms with E-state index in [1.165, 1.54) is 21.6 Å². The van der Waals surface area contributed by atoms with Gasteiger partial charge in [-0.05, 0) is 23.6 Å². The second-order valence-electron chi connectivity index (χ2n) is 5.37. The summed E-state index contributed by atoms with van der Waals surface area (Å²) in [6, 6.07) is 19.1. The van der Waals surface area contributed by atoms with E-state index < -0.39 is 0 Å². The van der Waals surface area contributed by atoms with Crippen LogP contribution in [0.2, 0.25) is 0 Å². The van der Waals surface area contributed by atoms with Crippen molar-refractivity contribution in [3.05, 3.63) is 72.6 Å². The minimum Gasteiger partial charge on any atom is -0.271 e. The molecule has 2 nitrogen and oxygen atoms in total. The van der Waals surface area contributed by atoms with Crippen molar-refractivity contribution >= 4 is 11.8 Å². The number of rotatable bonds is 3. The summed E-state index contributed by atoms with van der Waals surface area (Å²) in [4.78, 5) is 1.43.